The molecular weight excluding hydrogens is 419 g/mol. The second-order valence-electron chi connectivity index (χ2n) is 7.97. The highest BCUT2D eigenvalue weighted by Crippen LogP contribution is 2.35. The van der Waals surface area contributed by atoms with Gasteiger partial charge in [0.05, 0.1) is 41.0 Å². The van der Waals surface area contributed by atoms with Crippen LogP contribution < -0.4 is 0 Å². The fourth-order valence-electron chi connectivity index (χ4n) is 4.15. The molecule has 0 atom stereocenters. The van der Waals surface area contributed by atoms with E-state index >= 15 is 0 Å². The van der Waals surface area contributed by atoms with E-state index in [4.69, 9.17) is 0 Å². The number of aryl methyl sites for hydroxylation is 1. The Balaban J connectivity index is 1.51. The minimum absolute atomic E-state index is 0.0741. The first-order valence-electron chi connectivity index (χ1n) is 10.3. The molecule has 0 fully saturated rings. The Labute approximate surface area is 187 Å². The minimum Gasteiger partial charge on any atom is -0.506 e. The maximum Gasteiger partial charge on any atom is 0.134 e. The number of nitrogens with zero attached hydrogens (tertiary/aromatic N) is 4. The molecule has 6 aromatic rings. The normalized spacial score (nSPS) is 11.5. The van der Waals surface area contributed by atoms with Crippen LogP contribution in [-0.2, 0) is 0 Å². The molecule has 0 aliphatic heterocycles. The summed E-state index contributed by atoms with van der Waals surface area (Å²) in [4.78, 5) is 16.2. The standard InChI is InChI=1S/C25H17FN6O/c1-13-2-14(4-16(26)3-13)20-10-28-11-23-18(20)6-22(30-23)25-19-7-21(29-12-24(19)31-32-25)15-5-17(33)9-27-8-15/h2-12,30,33H,1H3,(H,31,32). The average Bonchev–Trinajstić information content (AvgIpc) is 3.41. The number of pyridine rings is 3. The Hall–Kier alpha value is -4.59. The lowest BCUT2D eigenvalue weighted by Crippen LogP contribution is -1.85. The topological polar surface area (TPSA) is 103 Å². The van der Waals surface area contributed by atoms with Crippen LogP contribution in [0.4, 0.5) is 4.39 Å². The van der Waals surface area contributed by atoms with Crippen LogP contribution in [0.25, 0.3) is 55.6 Å². The van der Waals surface area contributed by atoms with E-state index in [-0.39, 0.29) is 11.6 Å². The van der Waals surface area contributed by atoms with Crippen molar-refractivity contribution in [3.8, 4) is 39.5 Å². The maximum absolute atomic E-state index is 14.1. The molecule has 1 aromatic carbocycles. The molecule has 0 unspecified atom stereocenters. The van der Waals surface area contributed by atoms with Crippen LogP contribution >= 0.6 is 0 Å². The van der Waals surface area contributed by atoms with E-state index in [1.165, 1.54) is 18.3 Å². The van der Waals surface area contributed by atoms with Gasteiger partial charge < -0.3 is 10.1 Å². The van der Waals surface area contributed by atoms with E-state index in [0.717, 1.165) is 49.9 Å². The summed E-state index contributed by atoms with van der Waals surface area (Å²) in [6.45, 7) is 1.87. The number of aromatic hydroxyl groups is 1. The van der Waals surface area contributed by atoms with Gasteiger partial charge in [-0.3, -0.25) is 20.1 Å². The van der Waals surface area contributed by atoms with Gasteiger partial charge in [0.2, 0.25) is 0 Å². The van der Waals surface area contributed by atoms with Crippen LogP contribution in [0, 0.1) is 12.7 Å². The van der Waals surface area contributed by atoms with Crippen molar-refractivity contribution < 1.29 is 9.50 Å². The van der Waals surface area contributed by atoms with Crippen LogP contribution in [-0.4, -0.2) is 35.2 Å². The Morgan fingerprint density at radius 2 is 1.70 bits per heavy atom. The summed E-state index contributed by atoms with van der Waals surface area (Å²) in [6, 6.07) is 10.5. The van der Waals surface area contributed by atoms with Crippen molar-refractivity contribution in [1.82, 2.24) is 30.1 Å². The Kier molecular flexibility index (Phi) is 4.19. The van der Waals surface area contributed by atoms with Gasteiger partial charge in [0.25, 0.3) is 0 Å². The SMILES string of the molecule is Cc1cc(F)cc(-c2cncc3[nH]c(-c4n[nH]c5cnc(-c6cncc(O)c6)cc45)cc23)c1. The van der Waals surface area contributed by atoms with Crippen LogP contribution in [0.5, 0.6) is 5.75 Å². The number of H-pyrrole nitrogens is 2. The van der Waals surface area contributed by atoms with Gasteiger partial charge in [-0.1, -0.05) is 6.07 Å². The van der Waals surface area contributed by atoms with Crippen molar-refractivity contribution in [3.05, 3.63) is 78.8 Å². The first-order valence-corrected chi connectivity index (χ1v) is 10.3. The Bertz CT molecular complexity index is 1650. The van der Waals surface area contributed by atoms with Crippen molar-refractivity contribution in [1.29, 1.82) is 0 Å². The summed E-state index contributed by atoms with van der Waals surface area (Å²) < 4.78 is 14.1. The number of hydrogen-bond acceptors (Lipinski definition) is 5. The van der Waals surface area contributed by atoms with E-state index in [1.54, 1.807) is 30.9 Å². The lowest BCUT2D eigenvalue weighted by atomic mass is 10.0. The molecule has 0 radical (unpaired) electrons. The predicted octanol–water partition coefficient (Wildman–Crippen LogP) is 5.38. The monoisotopic (exact) mass is 436 g/mol. The largest absolute Gasteiger partial charge is 0.506 e. The number of rotatable bonds is 3. The first kappa shape index (κ1) is 19.1. The molecule has 160 valence electrons. The highest BCUT2D eigenvalue weighted by Gasteiger charge is 2.15. The molecular formula is C25H17FN6O. The minimum atomic E-state index is -0.280. The molecule has 33 heavy (non-hydrogen) atoms. The number of hydrogen-bond donors (Lipinski definition) is 3. The van der Waals surface area contributed by atoms with Gasteiger partial charge in [-0.15, -0.1) is 0 Å². The molecule has 6 rings (SSSR count). The van der Waals surface area contributed by atoms with Gasteiger partial charge in [0, 0.05) is 34.3 Å². The van der Waals surface area contributed by atoms with E-state index in [2.05, 4.69) is 30.1 Å². The van der Waals surface area contributed by atoms with E-state index in [9.17, 15) is 9.50 Å². The predicted molar refractivity (Wildman–Crippen MR) is 124 cm³/mol. The third-order valence-electron chi connectivity index (χ3n) is 5.62. The summed E-state index contributed by atoms with van der Waals surface area (Å²) in [5.74, 6) is -0.206. The van der Waals surface area contributed by atoms with Crippen LogP contribution in [0.15, 0.2) is 67.4 Å². The second-order valence-corrected chi connectivity index (χ2v) is 7.97. The lowest BCUT2D eigenvalue weighted by Gasteiger charge is -2.05. The summed E-state index contributed by atoms with van der Waals surface area (Å²) in [5.41, 5.74) is 6.95. The number of aromatic nitrogens is 6. The summed E-state index contributed by atoms with van der Waals surface area (Å²) >= 11 is 0. The summed E-state index contributed by atoms with van der Waals surface area (Å²) in [6.07, 6.45) is 8.22. The molecule has 5 aromatic heterocycles. The Morgan fingerprint density at radius 1 is 0.818 bits per heavy atom. The van der Waals surface area contributed by atoms with Crippen LogP contribution in [0.1, 0.15) is 5.56 Å². The fourth-order valence-corrected chi connectivity index (χ4v) is 4.15. The van der Waals surface area contributed by atoms with Gasteiger partial charge in [-0.25, -0.2) is 4.39 Å². The number of aromatic amines is 2. The molecule has 5 heterocycles. The summed E-state index contributed by atoms with van der Waals surface area (Å²) in [5, 5.41) is 19.1. The molecule has 0 saturated heterocycles. The van der Waals surface area contributed by atoms with Crippen LogP contribution in [0.2, 0.25) is 0 Å². The number of halogens is 1. The molecule has 8 heteroatoms. The molecule has 0 aliphatic rings. The zero-order chi connectivity index (χ0) is 22.5. The molecule has 0 amide bonds. The van der Waals surface area contributed by atoms with Crippen molar-refractivity contribution in [2.24, 2.45) is 0 Å². The van der Waals surface area contributed by atoms with Gasteiger partial charge in [-0.2, -0.15) is 5.10 Å². The molecule has 0 aliphatic carbocycles. The zero-order valence-corrected chi connectivity index (χ0v) is 17.5. The van der Waals surface area contributed by atoms with Crippen molar-refractivity contribution in [2.75, 3.05) is 0 Å². The molecule has 3 N–H and O–H groups in total. The number of benzene rings is 1. The zero-order valence-electron chi connectivity index (χ0n) is 17.5. The van der Waals surface area contributed by atoms with E-state index in [1.807, 2.05) is 25.1 Å². The van der Waals surface area contributed by atoms with Gasteiger partial charge in [0.15, 0.2) is 0 Å². The highest BCUT2D eigenvalue weighted by molar-refractivity contribution is 6.01. The van der Waals surface area contributed by atoms with Crippen molar-refractivity contribution >= 4 is 21.8 Å². The fraction of sp³-hybridized carbons (Fsp3) is 0.0400. The molecule has 0 saturated carbocycles. The maximum atomic E-state index is 14.1. The second kappa shape index (κ2) is 7.23. The molecule has 0 spiro atoms. The van der Waals surface area contributed by atoms with Gasteiger partial charge >= 0.3 is 0 Å². The van der Waals surface area contributed by atoms with Crippen LogP contribution in [0.3, 0.4) is 0 Å². The van der Waals surface area contributed by atoms with E-state index in [0.29, 0.717) is 11.3 Å². The highest BCUT2D eigenvalue weighted by atomic mass is 19.1. The number of nitrogens with one attached hydrogen (secondary N) is 2. The molecule has 7 nitrogen and oxygen atoms in total. The quantitative estimate of drug-likeness (QED) is 0.345. The van der Waals surface area contributed by atoms with Gasteiger partial charge in [0.1, 0.15) is 17.3 Å². The average molecular weight is 436 g/mol. The first-order chi connectivity index (χ1) is 16.0. The number of fused-ring (bicyclic) bond motifs is 2. The van der Waals surface area contributed by atoms with E-state index < -0.39 is 0 Å². The Morgan fingerprint density at radius 3 is 2.55 bits per heavy atom. The van der Waals surface area contributed by atoms with Gasteiger partial charge in [-0.05, 0) is 48.4 Å². The van der Waals surface area contributed by atoms with Crippen molar-refractivity contribution in [2.45, 2.75) is 6.92 Å². The third-order valence-corrected chi connectivity index (χ3v) is 5.62. The summed E-state index contributed by atoms with van der Waals surface area (Å²) in [7, 11) is 0. The molecule has 0 bridgehead atoms. The lowest BCUT2D eigenvalue weighted by molar-refractivity contribution is 0.473. The van der Waals surface area contributed by atoms with Crippen molar-refractivity contribution in [3.63, 3.8) is 0 Å². The third kappa shape index (κ3) is 3.28. The smallest absolute Gasteiger partial charge is 0.134 e.